The summed E-state index contributed by atoms with van der Waals surface area (Å²) in [5.41, 5.74) is 13.1. The van der Waals surface area contributed by atoms with Gasteiger partial charge in [-0.3, -0.25) is 19.2 Å². The van der Waals surface area contributed by atoms with E-state index in [-0.39, 0.29) is 45.5 Å². The van der Waals surface area contributed by atoms with E-state index in [1.54, 1.807) is 57.2 Å². The predicted molar refractivity (Wildman–Crippen MR) is 269 cm³/mol. The third-order valence-electron chi connectivity index (χ3n) is 9.26. The van der Waals surface area contributed by atoms with E-state index in [1.807, 2.05) is 62.4 Å². The Morgan fingerprint density at radius 1 is 0.710 bits per heavy atom. The number of hydrogen-bond acceptors (Lipinski definition) is 16. The van der Waals surface area contributed by atoms with E-state index in [0.717, 1.165) is 64.7 Å². The van der Waals surface area contributed by atoms with Crippen molar-refractivity contribution in [3.05, 3.63) is 93.5 Å². The maximum absolute atomic E-state index is 12.7. The number of benzene rings is 2. The number of imidazole rings is 2. The van der Waals surface area contributed by atoms with Gasteiger partial charge in [-0.15, -0.1) is 22.7 Å². The van der Waals surface area contributed by atoms with Crippen LogP contribution in [0.2, 0.25) is 0 Å². The first-order valence-corrected chi connectivity index (χ1v) is 27.6. The van der Waals surface area contributed by atoms with Gasteiger partial charge in [0.2, 0.25) is 11.6 Å². The molecule has 0 saturated carbocycles. The molecule has 62 heavy (non-hydrogen) atoms. The summed E-state index contributed by atoms with van der Waals surface area (Å²) >= 11 is 7.49. The molecule has 0 saturated heterocycles. The van der Waals surface area contributed by atoms with E-state index in [1.165, 1.54) is 35.2 Å². The number of Topliss-reactive ketones (excluding diaryl/α,β-unsaturated/α-hetero) is 4. The standard InChI is InChI=1S/C21H25N3O2S3.C20H23N3O2S2.C2H6O2S2/c1-21(2,29-27-4)8-7-15(25)18-11-14-9-13(5-6-17(14)28-18)10-16(26)20-23-19(22)12-24(20)3;1-20(2,26)7-6-14(24)17-10-13-8-12(4-5-16(13)27-17)9-15(25)19-22-18(21)11-23(19)3;1-5-6(2,3)4/h5-6,9,11-12H,7-8,10,22H2,1-4H3;4-5,8,10-11,26H,6-7,9,21H2,1-3H3;1-2H3. The van der Waals surface area contributed by atoms with Crippen LogP contribution in [0.3, 0.4) is 0 Å². The van der Waals surface area contributed by atoms with Gasteiger partial charge in [0.15, 0.2) is 32.1 Å². The van der Waals surface area contributed by atoms with Gasteiger partial charge in [-0.1, -0.05) is 47.6 Å². The Morgan fingerprint density at radius 3 is 1.45 bits per heavy atom. The maximum Gasteiger partial charge on any atom is 0.202 e. The zero-order valence-electron chi connectivity index (χ0n) is 36.3. The average Bonchev–Trinajstić information content (AvgIpc) is 3.97. The zero-order valence-corrected chi connectivity index (χ0v) is 42.1. The molecule has 0 aliphatic heterocycles. The molecular weight excluding hydrogens is 921 g/mol. The van der Waals surface area contributed by atoms with Crippen molar-refractivity contribution in [2.75, 3.05) is 30.2 Å². The highest BCUT2D eigenvalue weighted by Crippen LogP contribution is 2.38. The Hall–Kier alpha value is -3.59. The second-order valence-corrected chi connectivity index (χ2v) is 26.9. The predicted octanol–water partition coefficient (Wildman–Crippen LogP) is 10.0. The summed E-state index contributed by atoms with van der Waals surface area (Å²) < 4.78 is 25.2. The normalized spacial score (nSPS) is 11.8. The lowest BCUT2D eigenvalue weighted by Gasteiger charge is -2.21. The first-order chi connectivity index (χ1) is 28.9. The lowest BCUT2D eigenvalue weighted by atomic mass is 10.0. The zero-order chi connectivity index (χ0) is 46.2. The molecule has 0 fully saturated rings. The first-order valence-electron chi connectivity index (χ1n) is 19.3. The molecule has 12 nitrogen and oxygen atoms in total. The smallest absolute Gasteiger partial charge is 0.202 e. The van der Waals surface area contributed by atoms with Crippen LogP contribution < -0.4 is 11.5 Å². The number of nitrogens with zero attached hydrogens (tertiary/aromatic N) is 4. The minimum absolute atomic E-state index is 0.0770. The van der Waals surface area contributed by atoms with Crippen LogP contribution in [0, 0.1) is 0 Å². The van der Waals surface area contributed by atoms with Crippen molar-refractivity contribution >= 4 is 131 Å². The molecule has 4 aromatic heterocycles. The number of anilines is 2. The highest BCUT2D eigenvalue weighted by Gasteiger charge is 2.22. The fourth-order valence-corrected chi connectivity index (χ4v) is 10.4. The van der Waals surface area contributed by atoms with Crippen molar-refractivity contribution < 1.29 is 27.6 Å². The second-order valence-electron chi connectivity index (χ2n) is 15.9. The van der Waals surface area contributed by atoms with Gasteiger partial charge >= 0.3 is 0 Å². The number of hydrogen-bond donors (Lipinski definition) is 3. The molecule has 0 radical (unpaired) electrons. The average molecular weight is 975 g/mol. The number of aromatic nitrogens is 4. The SMILES string of the molecule is CSS(C)(=O)=O.CSSC(C)(C)CCC(=O)c1cc2cc(CC(=O)c3nc(N)cn3C)ccc2s1.Cn1cc(N)nc1C(=O)Cc1ccc2sc(C(=O)CCC(C)(C)S)cc2c1. The molecule has 0 atom stereocenters. The van der Waals surface area contributed by atoms with Crippen LogP contribution in [0.5, 0.6) is 0 Å². The lowest BCUT2D eigenvalue weighted by Crippen LogP contribution is -2.15. The van der Waals surface area contributed by atoms with E-state index in [2.05, 4.69) is 42.7 Å². The number of nitrogens with two attached hydrogens (primary N) is 2. The van der Waals surface area contributed by atoms with Gasteiger partial charge in [-0.05, 0) is 108 Å². The number of nitrogen functional groups attached to an aromatic ring is 2. The van der Waals surface area contributed by atoms with Crippen LogP contribution >= 0.6 is 67.7 Å². The summed E-state index contributed by atoms with van der Waals surface area (Å²) in [4.78, 5) is 59.8. The first kappa shape index (κ1) is 51.0. The van der Waals surface area contributed by atoms with E-state index in [9.17, 15) is 27.6 Å². The number of thiophene rings is 2. The van der Waals surface area contributed by atoms with E-state index in [4.69, 9.17) is 11.5 Å². The van der Waals surface area contributed by atoms with E-state index in [0.29, 0.717) is 36.1 Å². The van der Waals surface area contributed by atoms with Crippen molar-refractivity contribution in [2.45, 2.75) is 75.7 Å². The van der Waals surface area contributed by atoms with Crippen LogP contribution in [0.1, 0.15) is 105 Å². The number of thiol groups is 1. The minimum atomic E-state index is -2.75. The summed E-state index contributed by atoms with van der Waals surface area (Å²) in [6.45, 7) is 8.36. The Balaban J connectivity index is 0.000000241. The second kappa shape index (κ2) is 21.9. The van der Waals surface area contributed by atoms with Crippen LogP contribution in [-0.4, -0.2) is 78.9 Å². The molecule has 19 heteroatoms. The fraction of sp³-hybridized carbons (Fsp3) is 0.395. The van der Waals surface area contributed by atoms with Gasteiger partial charge in [-0.2, -0.15) is 12.6 Å². The molecule has 0 unspecified atom stereocenters. The van der Waals surface area contributed by atoms with E-state index >= 15 is 0 Å². The highest BCUT2D eigenvalue weighted by atomic mass is 33.1. The molecule has 0 aliphatic rings. The van der Waals surface area contributed by atoms with Gasteiger partial charge < -0.3 is 20.6 Å². The van der Waals surface area contributed by atoms with Crippen molar-refractivity contribution in [1.29, 1.82) is 0 Å². The molecule has 6 rings (SSSR count). The topological polar surface area (TPSA) is 190 Å². The molecule has 0 spiro atoms. The van der Waals surface area contributed by atoms with Crippen LogP contribution in [-0.2, 0) is 35.8 Å². The largest absolute Gasteiger partial charge is 0.382 e. The number of carbonyl (C=O) groups excluding carboxylic acids is 4. The Morgan fingerprint density at radius 2 is 1.11 bits per heavy atom. The van der Waals surface area contributed by atoms with Crippen molar-refractivity contribution in [3.63, 3.8) is 0 Å². The van der Waals surface area contributed by atoms with Gasteiger partial charge in [0.1, 0.15) is 11.6 Å². The number of aryl methyl sites for hydroxylation is 2. The van der Waals surface area contributed by atoms with Gasteiger partial charge in [-0.25, -0.2) is 18.4 Å². The number of ketones is 4. The Bertz CT molecular complexity index is 2670. The minimum Gasteiger partial charge on any atom is -0.382 e. The fourth-order valence-electron chi connectivity index (χ4n) is 6.05. The Labute approximate surface area is 388 Å². The summed E-state index contributed by atoms with van der Waals surface area (Å²) in [5.74, 6) is 1.53. The summed E-state index contributed by atoms with van der Waals surface area (Å²) in [6.07, 6.45) is 11.1. The van der Waals surface area contributed by atoms with E-state index < -0.39 is 8.87 Å². The maximum atomic E-state index is 12.7. The van der Waals surface area contributed by atoms with Crippen molar-refractivity contribution in [2.24, 2.45) is 14.1 Å². The third kappa shape index (κ3) is 15.6. The molecule has 0 bridgehead atoms. The molecule has 2 aromatic carbocycles. The quantitative estimate of drug-likeness (QED) is 0.0445. The van der Waals surface area contributed by atoms with Crippen LogP contribution in [0.15, 0.2) is 60.9 Å². The molecule has 6 aromatic rings. The third-order valence-corrected chi connectivity index (χ3v) is 16.9. The number of carbonyl (C=O) groups is 4. The Kier molecular flexibility index (Phi) is 18.0. The molecule has 4 heterocycles. The number of rotatable bonds is 17. The van der Waals surface area contributed by atoms with Gasteiger partial charge in [0.25, 0.3) is 0 Å². The summed E-state index contributed by atoms with van der Waals surface area (Å²) in [5, 5.41) is 1.99. The molecule has 4 N–H and O–H groups in total. The molecular formula is C43H54N6O6S7. The van der Waals surface area contributed by atoms with Crippen molar-refractivity contribution in [1.82, 2.24) is 19.1 Å². The highest BCUT2D eigenvalue weighted by molar-refractivity contribution is 8.77. The lowest BCUT2D eigenvalue weighted by molar-refractivity contribution is 0.0972. The molecule has 0 amide bonds. The summed E-state index contributed by atoms with van der Waals surface area (Å²) in [7, 11) is 5.16. The monoisotopic (exact) mass is 974 g/mol. The van der Waals surface area contributed by atoms with Crippen LogP contribution in [0.4, 0.5) is 11.6 Å². The van der Waals surface area contributed by atoms with Crippen molar-refractivity contribution in [3.8, 4) is 0 Å². The van der Waals surface area contributed by atoms with Gasteiger partial charge in [0, 0.05) is 77.3 Å². The van der Waals surface area contributed by atoms with Gasteiger partial charge in [0.05, 0.1) is 9.75 Å². The summed E-state index contributed by atoms with van der Waals surface area (Å²) in [6, 6.07) is 15.6. The number of fused-ring (bicyclic) bond motifs is 2. The molecule has 0 aliphatic carbocycles. The molecule has 334 valence electrons. The van der Waals surface area contributed by atoms with Crippen LogP contribution in [0.25, 0.3) is 20.2 Å².